The zero-order chi connectivity index (χ0) is 22.0. The Kier molecular flexibility index (Phi) is 6.28. The first kappa shape index (κ1) is 21.6. The number of carbonyl (C=O) groups excluding carboxylic acids is 3. The van der Waals surface area contributed by atoms with Gasteiger partial charge >= 0.3 is 5.97 Å². The number of nitrogens with zero attached hydrogens (tertiary/aromatic N) is 2. The van der Waals surface area contributed by atoms with Crippen molar-refractivity contribution in [3.8, 4) is 11.3 Å². The number of thioether (sulfide) groups is 1. The minimum Gasteiger partial charge on any atom is -0.462 e. The number of rotatable bonds is 6. The summed E-state index contributed by atoms with van der Waals surface area (Å²) in [5.74, 6) is -0.700. The molecule has 2 heterocycles. The van der Waals surface area contributed by atoms with Gasteiger partial charge in [0.15, 0.2) is 0 Å². The monoisotopic (exact) mass is 450 g/mol. The van der Waals surface area contributed by atoms with Crippen LogP contribution in [0, 0.1) is 10.1 Å². The van der Waals surface area contributed by atoms with Crippen LogP contribution in [0.25, 0.3) is 17.4 Å². The highest BCUT2D eigenvalue weighted by atomic mass is 35.5. The molecule has 0 saturated carbocycles. The smallest absolute Gasteiger partial charge is 0.326 e. The number of hydrogen-bond acceptors (Lipinski definition) is 8. The highest BCUT2D eigenvalue weighted by Gasteiger charge is 2.37. The number of amides is 2. The van der Waals surface area contributed by atoms with E-state index < -0.39 is 28.6 Å². The van der Waals surface area contributed by atoms with Crippen molar-refractivity contribution in [2.24, 2.45) is 0 Å². The lowest BCUT2D eigenvalue weighted by Gasteiger charge is -2.13. The second-order valence-corrected chi connectivity index (χ2v) is 7.83. The van der Waals surface area contributed by atoms with Crippen molar-refractivity contribution in [1.82, 2.24) is 4.90 Å². The topological polar surface area (TPSA) is 120 Å². The summed E-state index contributed by atoms with van der Waals surface area (Å²) in [5, 5.41) is 10.4. The number of imide groups is 1. The molecule has 0 radical (unpaired) electrons. The normalized spacial score (nSPS) is 15.3. The number of nitro groups is 1. The Labute approximate surface area is 179 Å². The predicted molar refractivity (Wildman–Crippen MR) is 110 cm³/mol. The second kappa shape index (κ2) is 8.72. The molecule has 0 N–H and O–H groups in total. The zero-order valence-electron chi connectivity index (χ0n) is 15.8. The van der Waals surface area contributed by atoms with Gasteiger partial charge < -0.3 is 9.15 Å². The molecule has 0 spiro atoms. The standard InChI is InChI=1S/C19H15ClN2O7S/c1-10(2)28-17(23)9-21-18(24)16(30-19(21)25)8-12-4-6-15(29-12)13-5-3-11(22(26)27)7-14(13)20/h3-8,10H,9H2,1-2H3/b16-8-. The van der Waals surface area contributed by atoms with E-state index in [0.29, 0.717) is 23.1 Å². The molecule has 0 aliphatic carbocycles. The summed E-state index contributed by atoms with van der Waals surface area (Å²) >= 11 is 6.78. The summed E-state index contributed by atoms with van der Waals surface area (Å²) in [4.78, 5) is 47.4. The van der Waals surface area contributed by atoms with E-state index in [0.717, 1.165) is 4.90 Å². The van der Waals surface area contributed by atoms with Crippen LogP contribution >= 0.6 is 23.4 Å². The molecule has 1 aromatic carbocycles. The maximum absolute atomic E-state index is 12.5. The fourth-order valence-corrected chi connectivity index (χ4v) is 3.67. The number of carbonyl (C=O) groups is 3. The maximum Gasteiger partial charge on any atom is 0.326 e. The molecule has 0 atom stereocenters. The van der Waals surface area contributed by atoms with Gasteiger partial charge in [0.1, 0.15) is 18.1 Å². The zero-order valence-corrected chi connectivity index (χ0v) is 17.4. The molecule has 1 saturated heterocycles. The SMILES string of the molecule is CC(C)OC(=O)CN1C(=O)S/C(=C\c2ccc(-c3ccc([N+](=O)[O-])cc3Cl)o2)C1=O. The van der Waals surface area contributed by atoms with Gasteiger partial charge in [-0.2, -0.15) is 0 Å². The van der Waals surface area contributed by atoms with Gasteiger partial charge in [-0.25, -0.2) is 0 Å². The van der Waals surface area contributed by atoms with E-state index in [-0.39, 0.29) is 27.5 Å². The molecule has 30 heavy (non-hydrogen) atoms. The van der Waals surface area contributed by atoms with Gasteiger partial charge in [-0.1, -0.05) is 11.6 Å². The Morgan fingerprint density at radius 2 is 2.07 bits per heavy atom. The van der Waals surface area contributed by atoms with E-state index in [1.165, 1.54) is 24.3 Å². The molecule has 2 amide bonds. The Hall–Kier alpha value is -3.11. The molecular formula is C19H15ClN2O7S. The molecule has 1 aliphatic rings. The van der Waals surface area contributed by atoms with Crippen LogP contribution in [0.5, 0.6) is 0 Å². The Morgan fingerprint density at radius 3 is 2.70 bits per heavy atom. The molecule has 1 aromatic heterocycles. The number of benzene rings is 1. The molecular weight excluding hydrogens is 436 g/mol. The van der Waals surface area contributed by atoms with E-state index in [1.54, 1.807) is 26.0 Å². The average Bonchev–Trinajstić information content (AvgIpc) is 3.21. The molecule has 156 valence electrons. The van der Waals surface area contributed by atoms with Gasteiger partial charge in [0.25, 0.3) is 16.8 Å². The van der Waals surface area contributed by atoms with Crippen molar-refractivity contribution in [2.75, 3.05) is 6.54 Å². The molecule has 0 bridgehead atoms. The predicted octanol–water partition coefficient (Wildman–Crippen LogP) is 4.50. The summed E-state index contributed by atoms with van der Waals surface area (Å²) < 4.78 is 10.6. The highest BCUT2D eigenvalue weighted by Crippen LogP contribution is 2.35. The van der Waals surface area contributed by atoms with E-state index in [1.807, 2.05) is 0 Å². The summed E-state index contributed by atoms with van der Waals surface area (Å²) in [6.45, 7) is 2.86. The van der Waals surface area contributed by atoms with Crippen molar-refractivity contribution in [2.45, 2.75) is 20.0 Å². The fraction of sp³-hybridized carbons (Fsp3) is 0.211. The molecule has 2 aromatic rings. The third-order valence-corrected chi connectivity index (χ3v) is 5.08. The average molecular weight is 451 g/mol. The van der Waals surface area contributed by atoms with E-state index in [4.69, 9.17) is 20.8 Å². The van der Waals surface area contributed by atoms with Crippen molar-refractivity contribution in [3.63, 3.8) is 0 Å². The van der Waals surface area contributed by atoms with Gasteiger partial charge in [-0.3, -0.25) is 29.4 Å². The number of halogens is 1. The summed E-state index contributed by atoms with van der Waals surface area (Å²) in [6.07, 6.45) is 1.02. The van der Waals surface area contributed by atoms with Crippen molar-refractivity contribution in [3.05, 3.63) is 56.1 Å². The van der Waals surface area contributed by atoms with E-state index in [9.17, 15) is 24.5 Å². The van der Waals surface area contributed by atoms with Gasteiger partial charge in [-0.05, 0) is 43.8 Å². The van der Waals surface area contributed by atoms with Gasteiger partial charge in [-0.15, -0.1) is 0 Å². The van der Waals surface area contributed by atoms with E-state index in [2.05, 4.69) is 0 Å². The Balaban J connectivity index is 1.78. The van der Waals surface area contributed by atoms with Gasteiger partial charge in [0, 0.05) is 23.8 Å². The summed E-state index contributed by atoms with van der Waals surface area (Å²) in [6, 6.07) is 7.11. The number of ether oxygens (including phenoxy) is 1. The molecule has 0 unspecified atom stereocenters. The number of non-ortho nitro benzene ring substituents is 1. The quantitative estimate of drug-likeness (QED) is 0.273. The van der Waals surface area contributed by atoms with Gasteiger partial charge in [0.2, 0.25) is 0 Å². The summed E-state index contributed by atoms with van der Waals surface area (Å²) in [7, 11) is 0. The van der Waals surface area contributed by atoms with Crippen molar-refractivity contribution in [1.29, 1.82) is 0 Å². The van der Waals surface area contributed by atoms with Crippen LogP contribution in [0.3, 0.4) is 0 Å². The maximum atomic E-state index is 12.5. The minimum atomic E-state index is -0.679. The lowest BCUT2D eigenvalue weighted by Crippen LogP contribution is -2.35. The van der Waals surface area contributed by atoms with Crippen LogP contribution in [-0.4, -0.2) is 39.6 Å². The van der Waals surface area contributed by atoms with Crippen LogP contribution in [0.1, 0.15) is 19.6 Å². The molecule has 11 heteroatoms. The first-order valence-electron chi connectivity index (χ1n) is 8.64. The van der Waals surface area contributed by atoms with Crippen LogP contribution in [0.4, 0.5) is 10.5 Å². The first-order valence-corrected chi connectivity index (χ1v) is 9.84. The van der Waals surface area contributed by atoms with Crippen LogP contribution in [-0.2, 0) is 14.3 Å². The lowest BCUT2D eigenvalue weighted by atomic mass is 10.1. The van der Waals surface area contributed by atoms with Crippen LogP contribution in [0.2, 0.25) is 5.02 Å². The number of esters is 1. The molecule has 3 rings (SSSR count). The largest absolute Gasteiger partial charge is 0.462 e. The highest BCUT2D eigenvalue weighted by molar-refractivity contribution is 8.18. The molecule has 1 fully saturated rings. The lowest BCUT2D eigenvalue weighted by molar-refractivity contribution is -0.384. The van der Waals surface area contributed by atoms with Gasteiger partial charge in [0.05, 0.1) is 21.0 Å². The second-order valence-electron chi connectivity index (χ2n) is 6.43. The van der Waals surface area contributed by atoms with Crippen molar-refractivity contribution >= 4 is 52.2 Å². The van der Waals surface area contributed by atoms with Crippen molar-refractivity contribution < 1.29 is 28.5 Å². The third kappa shape index (κ3) is 4.71. The Bertz CT molecular complexity index is 1080. The van der Waals surface area contributed by atoms with E-state index >= 15 is 0 Å². The summed E-state index contributed by atoms with van der Waals surface area (Å²) in [5.41, 5.74) is 0.284. The molecule has 9 nitrogen and oxygen atoms in total. The number of furan rings is 1. The minimum absolute atomic E-state index is 0.0908. The number of nitro benzene ring substituents is 1. The third-order valence-electron chi connectivity index (χ3n) is 3.86. The first-order chi connectivity index (χ1) is 14.2. The van der Waals surface area contributed by atoms with Crippen LogP contribution < -0.4 is 0 Å². The fourth-order valence-electron chi connectivity index (χ4n) is 2.59. The van der Waals surface area contributed by atoms with Crippen LogP contribution in [0.15, 0.2) is 39.7 Å². The number of hydrogen-bond donors (Lipinski definition) is 0. The molecule has 1 aliphatic heterocycles. The Morgan fingerprint density at radius 1 is 1.33 bits per heavy atom.